The van der Waals surface area contributed by atoms with E-state index in [4.69, 9.17) is 14.2 Å². The lowest BCUT2D eigenvalue weighted by atomic mass is 10.0. The van der Waals surface area contributed by atoms with Gasteiger partial charge in [0.2, 0.25) is 5.88 Å². The van der Waals surface area contributed by atoms with Crippen LogP contribution in [0.5, 0.6) is 11.6 Å². The van der Waals surface area contributed by atoms with Crippen LogP contribution in [-0.2, 0) is 9.47 Å². The molecule has 0 amide bonds. The van der Waals surface area contributed by atoms with Gasteiger partial charge in [0.05, 0.1) is 25.3 Å². The highest BCUT2D eigenvalue weighted by Crippen LogP contribution is 2.33. The summed E-state index contributed by atoms with van der Waals surface area (Å²) in [4.78, 5) is 24.1. The van der Waals surface area contributed by atoms with Gasteiger partial charge in [0, 0.05) is 16.3 Å². The summed E-state index contributed by atoms with van der Waals surface area (Å²) < 4.78 is 15.5. The van der Waals surface area contributed by atoms with Crippen molar-refractivity contribution in [1.82, 2.24) is 10.2 Å². The Morgan fingerprint density at radius 2 is 1.34 bits per heavy atom. The summed E-state index contributed by atoms with van der Waals surface area (Å²) in [6.07, 6.45) is 0. The Kier molecular flexibility index (Phi) is 5.81. The Hall–Kier alpha value is -4.26. The van der Waals surface area contributed by atoms with E-state index in [9.17, 15) is 9.59 Å². The number of ether oxygens (including phenoxy) is 3. The van der Waals surface area contributed by atoms with Crippen LogP contribution in [0, 0.1) is 6.92 Å². The molecule has 32 heavy (non-hydrogen) atoms. The van der Waals surface area contributed by atoms with E-state index in [0.29, 0.717) is 0 Å². The maximum absolute atomic E-state index is 12.1. The average molecular weight is 428 g/mol. The van der Waals surface area contributed by atoms with Crippen LogP contribution in [0.25, 0.3) is 22.0 Å². The molecule has 0 bridgehead atoms. The molecule has 4 rings (SSSR count). The lowest BCUT2D eigenvalue weighted by Crippen LogP contribution is -2.07. The van der Waals surface area contributed by atoms with Crippen LogP contribution in [0.15, 0.2) is 66.7 Å². The number of rotatable bonds is 5. The van der Waals surface area contributed by atoms with Crippen molar-refractivity contribution in [1.29, 1.82) is 0 Å². The molecule has 0 spiro atoms. The third kappa shape index (κ3) is 4.13. The zero-order valence-corrected chi connectivity index (χ0v) is 17.8. The molecule has 1 heterocycles. The maximum atomic E-state index is 12.1. The van der Waals surface area contributed by atoms with Gasteiger partial charge in [-0.1, -0.05) is 48.0 Å². The van der Waals surface area contributed by atoms with E-state index in [1.54, 1.807) is 0 Å². The minimum absolute atomic E-state index is 0.152. The molecule has 0 aliphatic heterocycles. The van der Waals surface area contributed by atoms with Crippen LogP contribution >= 0.6 is 0 Å². The van der Waals surface area contributed by atoms with Crippen LogP contribution in [0.1, 0.15) is 26.3 Å². The Morgan fingerprint density at radius 1 is 0.750 bits per heavy atom. The predicted molar refractivity (Wildman–Crippen MR) is 119 cm³/mol. The molecule has 0 saturated carbocycles. The van der Waals surface area contributed by atoms with E-state index in [2.05, 4.69) is 10.2 Å². The van der Waals surface area contributed by atoms with Gasteiger partial charge in [-0.05, 0) is 31.2 Å². The van der Waals surface area contributed by atoms with Gasteiger partial charge in [0.1, 0.15) is 11.4 Å². The Morgan fingerprint density at radius 3 is 1.94 bits per heavy atom. The number of esters is 2. The molecule has 160 valence electrons. The molecule has 3 aromatic carbocycles. The second-order valence-corrected chi connectivity index (χ2v) is 7.10. The summed E-state index contributed by atoms with van der Waals surface area (Å²) in [6.45, 7) is 2.02. The van der Waals surface area contributed by atoms with Crippen molar-refractivity contribution < 1.29 is 23.8 Å². The number of fused-ring (bicyclic) bond motifs is 1. The molecular weight excluding hydrogens is 408 g/mol. The molecule has 0 unspecified atom stereocenters. The van der Waals surface area contributed by atoms with Crippen LogP contribution < -0.4 is 4.74 Å². The first-order valence-electron chi connectivity index (χ1n) is 9.82. The van der Waals surface area contributed by atoms with Crippen molar-refractivity contribution in [2.45, 2.75) is 6.92 Å². The molecule has 4 aromatic rings. The van der Waals surface area contributed by atoms with Gasteiger partial charge in [-0.3, -0.25) is 0 Å². The van der Waals surface area contributed by atoms with E-state index in [1.165, 1.54) is 32.4 Å². The lowest BCUT2D eigenvalue weighted by molar-refractivity contribution is 0.0598. The van der Waals surface area contributed by atoms with Gasteiger partial charge in [0.25, 0.3) is 0 Å². The van der Waals surface area contributed by atoms with Gasteiger partial charge in [-0.15, -0.1) is 10.2 Å². The number of carbonyl (C=O) groups excluding carboxylic acids is 2. The number of aromatic nitrogens is 2. The van der Waals surface area contributed by atoms with Crippen molar-refractivity contribution in [2.24, 2.45) is 0 Å². The Labute approximate surface area is 184 Å². The van der Waals surface area contributed by atoms with E-state index < -0.39 is 11.9 Å². The predicted octanol–water partition coefficient (Wildman–Crippen LogP) is 4.97. The normalized spacial score (nSPS) is 10.6. The van der Waals surface area contributed by atoms with Crippen LogP contribution in [0.4, 0.5) is 0 Å². The molecular formula is C25H20N2O5. The highest BCUT2D eigenvalue weighted by Gasteiger charge is 2.17. The van der Waals surface area contributed by atoms with E-state index in [1.807, 2.05) is 55.5 Å². The van der Waals surface area contributed by atoms with Gasteiger partial charge in [-0.25, -0.2) is 9.59 Å². The number of aryl methyl sites for hydroxylation is 1. The summed E-state index contributed by atoms with van der Waals surface area (Å²) in [5.41, 5.74) is 3.12. The summed E-state index contributed by atoms with van der Waals surface area (Å²) in [7, 11) is 2.52. The van der Waals surface area contributed by atoms with Crippen molar-refractivity contribution in [3.05, 3.63) is 83.4 Å². The number of methoxy groups -OCH3 is 2. The SMILES string of the molecule is COC(=O)c1cc(Oc2nnc(-c3ccc(C)cc3)c3ccccc23)cc(C(=O)OC)c1. The molecule has 0 saturated heterocycles. The monoisotopic (exact) mass is 428 g/mol. The fourth-order valence-corrected chi connectivity index (χ4v) is 3.32. The van der Waals surface area contributed by atoms with Gasteiger partial charge < -0.3 is 14.2 Å². The lowest BCUT2D eigenvalue weighted by Gasteiger charge is -2.12. The number of hydrogen-bond acceptors (Lipinski definition) is 7. The standard InChI is InChI=1S/C25H20N2O5/c1-15-8-10-16(11-9-15)22-20-6-4-5-7-21(20)23(27-26-22)32-19-13-17(24(28)30-2)12-18(14-19)25(29)31-3/h4-14H,1-3H3. The quantitative estimate of drug-likeness (QED) is 0.415. The highest BCUT2D eigenvalue weighted by atomic mass is 16.5. The first-order valence-corrected chi connectivity index (χ1v) is 9.82. The smallest absolute Gasteiger partial charge is 0.338 e. The second-order valence-electron chi connectivity index (χ2n) is 7.10. The van der Waals surface area contributed by atoms with Crippen molar-refractivity contribution >= 4 is 22.7 Å². The highest BCUT2D eigenvalue weighted by molar-refractivity contribution is 5.98. The minimum atomic E-state index is -0.605. The van der Waals surface area contributed by atoms with E-state index in [-0.39, 0.29) is 22.8 Å². The first-order chi connectivity index (χ1) is 15.5. The fourth-order valence-electron chi connectivity index (χ4n) is 3.32. The minimum Gasteiger partial charge on any atom is -0.465 e. The molecule has 1 aromatic heterocycles. The number of hydrogen-bond donors (Lipinski definition) is 0. The third-order valence-corrected chi connectivity index (χ3v) is 4.94. The first kappa shape index (κ1) is 21.0. The zero-order valence-electron chi connectivity index (χ0n) is 17.8. The molecule has 7 nitrogen and oxygen atoms in total. The summed E-state index contributed by atoms with van der Waals surface area (Å²) in [5.74, 6) is -0.734. The fraction of sp³-hybridized carbons (Fsp3) is 0.120. The molecule has 7 heteroatoms. The third-order valence-electron chi connectivity index (χ3n) is 4.94. The molecule has 0 aliphatic rings. The largest absolute Gasteiger partial charge is 0.465 e. The van der Waals surface area contributed by atoms with Gasteiger partial charge >= 0.3 is 11.9 Å². The van der Waals surface area contributed by atoms with Crippen LogP contribution in [0.2, 0.25) is 0 Å². The van der Waals surface area contributed by atoms with E-state index in [0.717, 1.165) is 27.6 Å². The van der Waals surface area contributed by atoms with Gasteiger partial charge in [0.15, 0.2) is 0 Å². The maximum Gasteiger partial charge on any atom is 0.338 e. The molecule has 0 radical (unpaired) electrons. The molecule has 0 aliphatic carbocycles. The summed E-state index contributed by atoms with van der Waals surface area (Å²) in [6, 6.07) is 20.0. The van der Waals surface area contributed by atoms with E-state index >= 15 is 0 Å². The topological polar surface area (TPSA) is 87.6 Å². The van der Waals surface area contributed by atoms with Crippen LogP contribution in [0.3, 0.4) is 0 Å². The summed E-state index contributed by atoms with van der Waals surface area (Å²) in [5, 5.41) is 10.3. The van der Waals surface area contributed by atoms with Crippen molar-refractivity contribution in [3.8, 4) is 22.9 Å². The second kappa shape index (κ2) is 8.85. The molecule has 0 N–H and O–H groups in total. The number of nitrogens with zero attached hydrogens (tertiary/aromatic N) is 2. The molecule has 0 fully saturated rings. The van der Waals surface area contributed by atoms with Crippen molar-refractivity contribution in [2.75, 3.05) is 14.2 Å². The summed E-state index contributed by atoms with van der Waals surface area (Å²) >= 11 is 0. The van der Waals surface area contributed by atoms with Gasteiger partial charge in [-0.2, -0.15) is 0 Å². The number of carbonyl (C=O) groups is 2. The average Bonchev–Trinajstić information content (AvgIpc) is 2.83. The Bertz CT molecular complexity index is 1280. The zero-order chi connectivity index (χ0) is 22.7. The molecule has 0 atom stereocenters. The Balaban J connectivity index is 1.80. The van der Waals surface area contributed by atoms with Crippen molar-refractivity contribution in [3.63, 3.8) is 0 Å². The number of benzene rings is 3. The van der Waals surface area contributed by atoms with Crippen LogP contribution in [-0.4, -0.2) is 36.4 Å².